The van der Waals surface area contributed by atoms with Crippen molar-refractivity contribution in [1.29, 1.82) is 0 Å². The lowest BCUT2D eigenvalue weighted by molar-refractivity contribution is 0.274. The monoisotopic (exact) mass is 181 g/mol. The van der Waals surface area contributed by atoms with Gasteiger partial charge in [-0.05, 0) is 12.5 Å². The van der Waals surface area contributed by atoms with E-state index in [4.69, 9.17) is 5.11 Å². The van der Waals surface area contributed by atoms with Crippen LogP contribution in [0.1, 0.15) is 6.42 Å². The third-order valence-electron chi connectivity index (χ3n) is 2.06. The van der Waals surface area contributed by atoms with Crippen LogP contribution in [0.15, 0.2) is 17.1 Å². The van der Waals surface area contributed by atoms with Crippen LogP contribution in [0.3, 0.4) is 0 Å². The Labute approximate surface area is 75.0 Å². The third kappa shape index (κ3) is 1.70. The number of aliphatic hydroxyl groups excluding tert-OH is 1. The Bertz CT molecular complexity index is 374. The second kappa shape index (κ2) is 2.85. The molecule has 2 unspecified atom stereocenters. The van der Waals surface area contributed by atoms with E-state index in [-0.39, 0.29) is 17.8 Å². The molecular formula is C8H11N3O2. The lowest BCUT2D eigenvalue weighted by atomic mass is 10.5. The topological polar surface area (TPSA) is 67.2 Å². The summed E-state index contributed by atoms with van der Waals surface area (Å²) in [6.45, 7) is 0. The van der Waals surface area contributed by atoms with Crippen molar-refractivity contribution in [2.75, 3.05) is 5.32 Å². The molecule has 0 radical (unpaired) electrons. The van der Waals surface area contributed by atoms with E-state index in [9.17, 15) is 4.79 Å². The fourth-order valence-electron chi connectivity index (χ4n) is 1.07. The van der Waals surface area contributed by atoms with Gasteiger partial charge >= 0.3 is 5.69 Å². The molecule has 0 aromatic carbocycles. The summed E-state index contributed by atoms with van der Waals surface area (Å²) in [4.78, 5) is 14.8. The molecule has 1 aliphatic rings. The van der Waals surface area contributed by atoms with Crippen LogP contribution in [0.5, 0.6) is 0 Å². The minimum atomic E-state index is -0.292. The molecule has 2 atom stereocenters. The van der Waals surface area contributed by atoms with Crippen LogP contribution >= 0.6 is 0 Å². The number of aliphatic hydroxyl groups is 1. The van der Waals surface area contributed by atoms with Crippen molar-refractivity contribution in [1.82, 2.24) is 9.55 Å². The van der Waals surface area contributed by atoms with E-state index in [0.717, 1.165) is 6.42 Å². The second-order valence-electron chi connectivity index (χ2n) is 3.26. The molecule has 0 saturated heterocycles. The zero-order valence-corrected chi connectivity index (χ0v) is 7.27. The minimum Gasteiger partial charge on any atom is -0.391 e. The molecular weight excluding hydrogens is 170 g/mol. The van der Waals surface area contributed by atoms with Gasteiger partial charge in [0.25, 0.3) is 0 Å². The van der Waals surface area contributed by atoms with Crippen molar-refractivity contribution in [3.63, 3.8) is 0 Å². The first-order chi connectivity index (χ1) is 6.16. The summed E-state index contributed by atoms with van der Waals surface area (Å²) in [7, 11) is 1.64. The largest absolute Gasteiger partial charge is 0.391 e. The van der Waals surface area contributed by atoms with Gasteiger partial charge < -0.3 is 15.0 Å². The Kier molecular flexibility index (Phi) is 1.81. The van der Waals surface area contributed by atoms with Crippen LogP contribution in [0, 0.1) is 0 Å². The lowest BCUT2D eigenvalue weighted by Crippen LogP contribution is -2.21. The first-order valence-corrected chi connectivity index (χ1v) is 4.15. The highest BCUT2D eigenvalue weighted by Gasteiger charge is 2.35. The summed E-state index contributed by atoms with van der Waals surface area (Å²) in [6, 6.07) is 1.78. The van der Waals surface area contributed by atoms with Crippen molar-refractivity contribution < 1.29 is 5.11 Å². The molecule has 0 amide bonds. The summed E-state index contributed by atoms with van der Waals surface area (Å²) in [5.74, 6) is 0.532. The van der Waals surface area contributed by atoms with Gasteiger partial charge in [-0.15, -0.1) is 0 Å². The van der Waals surface area contributed by atoms with Crippen molar-refractivity contribution >= 4 is 5.82 Å². The predicted octanol–water partition coefficient (Wildman–Crippen LogP) is -0.675. The lowest BCUT2D eigenvalue weighted by Gasteiger charge is -2.02. The van der Waals surface area contributed by atoms with Crippen molar-refractivity contribution in [2.45, 2.75) is 18.6 Å². The van der Waals surface area contributed by atoms with Gasteiger partial charge in [0, 0.05) is 13.2 Å². The molecule has 0 aliphatic heterocycles. The predicted molar refractivity (Wildman–Crippen MR) is 47.5 cm³/mol. The summed E-state index contributed by atoms with van der Waals surface area (Å²) < 4.78 is 1.40. The van der Waals surface area contributed by atoms with Crippen molar-refractivity contribution in [2.24, 2.45) is 7.05 Å². The van der Waals surface area contributed by atoms with E-state index >= 15 is 0 Å². The molecule has 5 heteroatoms. The van der Waals surface area contributed by atoms with E-state index < -0.39 is 0 Å². The molecule has 1 aromatic rings. The van der Waals surface area contributed by atoms with Gasteiger partial charge in [-0.2, -0.15) is 4.98 Å². The second-order valence-corrected chi connectivity index (χ2v) is 3.26. The normalized spacial score (nSPS) is 25.7. The number of aryl methyl sites for hydroxylation is 1. The van der Waals surface area contributed by atoms with Gasteiger partial charge in [0.15, 0.2) is 0 Å². The number of anilines is 1. The third-order valence-corrected chi connectivity index (χ3v) is 2.06. The van der Waals surface area contributed by atoms with Gasteiger partial charge in [0.05, 0.1) is 12.1 Å². The van der Waals surface area contributed by atoms with E-state index in [1.54, 1.807) is 19.3 Å². The van der Waals surface area contributed by atoms with E-state index in [2.05, 4.69) is 10.3 Å². The molecule has 0 bridgehead atoms. The average molecular weight is 181 g/mol. The van der Waals surface area contributed by atoms with Gasteiger partial charge in [-0.3, -0.25) is 0 Å². The number of hydrogen-bond acceptors (Lipinski definition) is 4. The van der Waals surface area contributed by atoms with E-state index in [0.29, 0.717) is 5.82 Å². The number of nitrogens with zero attached hydrogens (tertiary/aromatic N) is 2. The Morgan fingerprint density at radius 1 is 1.77 bits per heavy atom. The number of nitrogens with one attached hydrogen (secondary N) is 1. The van der Waals surface area contributed by atoms with Gasteiger partial charge in [0.2, 0.25) is 0 Å². The van der Waals surface area contributed by atoms with Gasteiger partial charge in [-0.1, -0.05) is 0 Å². The molecule has 1 fully saturated rings. The van der Waals surface area contributed by atoms with Crippen molar-refractivity contribution in [3.05, 3.63) is 22.7 Å². The van der Waals surface area contributed by atoms with E-state index in [1.807, 2.05) is 0 Å². The maximum atomic E-state index is 11.1. The van der Waals surface area contributed by atoms with Crippen molar-refractivity contribution in [3.8, 4) is 0 Å². The molecule has 70 valence electrons. The van der Waals surface area contributed by atoms with Crippen LogP contribution < -0.4 is 11.0 Å². The Morgan fingerprint density at radius 2 is 2.46 bits per heavy atom. The zero-order valence-electron chi connectivity index (χ0n) is 7.27. The SMILES string of the molecule is Cn1ccc(NC2CC2O)nc1=O. The summed E-state index contributed by atoms with van der Waals surface area (Å²) in [5.41, 5.74) is -0.292. The molecule has 2 rings (SSSR count). The van der Waals surface area contributed by atoms with Crippen LogP contribution in [0.25, 0.3) is 0 Å². The minimum absolute atomic E-state index is 0.0691. The quantitative estimate of drug-likeness (QED) is 0.634. The highest BCUT2D eigenvalue weighted by atomic mass is 16.3. The summed E-state index contributed by atoms with van der Waals surface area (Å²) in [6.07, 6.45) is 2.09. The van der Waals surface area contributed by atoms with Gasteiger partial charge in [0.1, 0.15) is 5.82 Å². The molecule has 5 nitrogen and oxygen atoms in total. The maximum absolute atomic E-state index is 11.1. The molecule has 1 aliphatic carbocycles. The standard InChI is InChI=1S/C8H11N3O2/c1-11-3-2-7(10-8(11)13)9-5-4-6(5)12/h2-3,5-6,12H,4H2,1H3,(H,9,10,13). The fraction of sp³-hybridized carbons (Fsp3) is 0.500. The molecule has 1 heterocycles. The molecule has 1 saturated carbocycles. The summed E-state index contributed by atoms with van der Waals surface area (Å²) >= 11 is 0. The van der Waals surface area contributed by atoms with Gasteiger partial charge in [-0.25, -0.2) is 4.79 Å². The van der Waals surface area contributed by atoms with Crippen LogP contribution in [0.4, 0.5) is 5.82 Å². The molecule has 2 N–H and O–H groups in total. The first kappa shape index (κ1) is 8.25. The van der Waals surface area contributed by atoms with E-state index in [1.165, 1.54) is 4.57 Å². The van der Waals surface area contributed by atoms with Crippen LogP contribution in [-0.2, 0) is 7.05 Å². The first-order valence-electron chi connectivity index (χ1n) is 4.15. The Hall–Kier alpha value is -1.36. The number of hydrogen-bond donors (Lipinski definition) is 2. The molecule has 13 heavy (non-hydrogen) atoms. The smallest absolute Gasteiger partial charge is 0.349 e. The van der Waals surface area contributed by atoms with Crippen LogP contribution in [0.2, 0.25) is 0 Å². The molecule has 0 spiro atoms. The fourth-order valence-corrected chi connectivity index (χ4v) is 1.07. The maximum Gasteiger partial charge on any atom is 0.349 e. The highest BCUT2D eigenvalue weighted by Crippen LogP contribution is 2.23. The number of aromatic nitrogens is 2. The molecule has 1 aromatic heterocycles. The van der Waals surface area contributed by atoms with Crippen LogP contribution in [-0.4, -0.2) is 26.8 Å². The highest BCUT2D eigenvalue weighted by molar-refractivity contribution is 5.36. The average Bonchev–Trinajstić information content (AvgIpc) is 2.75. The Balaban J connectivity index is 2.13. The zero-order chi connectivity index (χ0) is 9.42. The summed E-state index contributed by atoms with van der Waals surface area (Å²) in [5, 5.41) is 12.0. The Morgan fingerprint density at radius 3 is 3.00 bits per heavy atom. The number of rotatable bonds is 2.